The highest BCUT2D eigenvalue weighted by Gasteiger charge is 2.30. The Kier molecular flexibility index (Phi) is 1.84. The van der Waals surface area contributed by atoms with Gasteiger partial charge >= 0.3 is 0 Å². The van der Waals surface area contributed by atoms with Gasteiger partial charge in [0.2, 0.25) is 5.95 Å². The fraction of sp³-hybridized carbons (Fsp3) is 0.714. The van der Waals surface area contributed by atoms with Gasteiger partial charge in [-0.1, -0.05) is 0 Å². The van der Waals surface area contributed by atoms with Crippen molar-refractivity contribution >= 4 is 5.95 Å². The highest BCUT2D eigenvalue weighted by atomic mass is 16.5. The van der Waals surface area contributed by atoms with Gasteiger partial charge in [0.05, 0.1) is 6.10 Å². The number of anilines is 1. The van der Waals surface area contributed by atoms with Gasteiger partial charge in [0.1, 0.15) is 0 Å². The number of rotatable bonds is 1. The van der Waals surface area contributed by atoms with Crippen molar-refractivity contribution in [1.29, 1.82) is 0 Å². The predicted octanol–water partition coefficient (Wildman–Crippen LogP) is -0.533. The van der Waals surface area contributed by atoms with E-state index in [0.717, 1.165) is 13.0 Å². The molecule has 1 aliphatic heterocycles. The SMILES string of the molecule is CC1OCCC1c1nnc(N)n1N. The van der Waals surface area contributed by atoms with Crippen LogP contribution < -0.4 is 11.6 Å². The molecule has 2 atom stereocenters. The summed E-state index contributed by atoms with van der Waals surface area (Å²) in [5, 5.41) is 7.64. The second-order valence-corrected chi connectivity index (χ2v) is 3.26. The number of nitrogens with zero attached hydrogens (tertiary/aromatic N) is 3. The van der Waals surface area contributed by atoms with E-state index < -0.39 is 0 Å². The largest absolute Gasteiger partial charge is 0.378 e. The zero-order valence-corrected chi connectivity index (χ0v) is 7.47. The van der Waals surface area contributed by atoms with Gasteiger partial charge in [-0.25, -0.2) is 4.68 Å². The van der Waals surface area contributed by atoms with Gasteiger partial charge in [0.25, 0.3) is 0 Å². The summed E-state index contributed by atoms with van der Waals surface area (Å²) in [6, 6.07) is 0. The summed E-state index contributed by atoms with van der Waals surface area (Å²) in [7, 11) is 0. The van der Waals surface area contributed by atoms with Crippen LogP contribution in [0.4, 0.5) is 5.95 Å². The molecule has 1 aliphatic rings. The number of hydrogen-bond acceptors (Lipinski definition) is 5. The highest BCUT2D eigenvalue weighted by molar-refractivity contribution is 5.20. The minimum Gasteiger partial charge on any atom is -0.378 e. The maximum Gasteiger partial charge on any atom is 0.240 e. The molecule has 4 N–H and O–H groups in total. The normalized spacial score (nSPS) is 28.1. The van der Waals surface area contributed by atoms with Crippen LogP contribution >= 0.6 is 0 Å². The van der Waals surface area contributed by atoms with Crippen LogP contribution in [-0.4, -0.2) is 27.6 Å². The molecule has 0 saturated carbocycles. The lowest BCUT2D eigenvalue weighted by molar-refractivity contribution is 0.117. The first-order chi connectivity index (χ1) is 6.20. The van der Waals surface area contributed by atoms with Crippen LogP contribution in [-0.2, 0) is 4.74 Å². The lowest BCUT2D eigenvalue weighted by atomic mass is 10.0. The Hall–Kier alpha value is -1.30. The predicted molar refractivity (Wildman–Crippen MR) is 47.4 cm³/mol. The van der Waals surface area contributed by atoms with Crippen LogP contribution in [0.5, 0.6) is 0 Å². The molecule has 1 fully saturated rings. The molecule has 72 valence electrons. The van der Waals surface area contributed by atoms with Gasteiger partial charge in [-0.05, 0) is 13.3 Å². The Morgan fingerprint density at radius 3 is 2.77 bits per heavy atom. The van der Waals surface area contributed by atoms with Crippen LogP contribution in [0.25, 0.3) is 0 Å². The molecule has 0 aliphatic carbocycles. The van der Waals surface area contributed by atoms with Crippen molar-refractivity contribution in [2.45, 2.75) is 25.4 Å². The van der Waals surface area contributed by atoms with E-state index in [1.807, 2.05) is 6.92 Å². The van der Waals surface area contributed by atoms with E-state index in [9.17, 15) is 0 Å². The molecule has 13 heavy (non-hydrogen) atoms. The van der Waals surface area contributed by atoms with Crippen LogP contribution in [0.2, 0.25) is 0 Å². The van der Waals surface area contributed by atoms with Crippen molar-refractivity contribution in [2.75, 3.05) is 18.2 Å². The van der Waals surface area contributed by atoms with Gasteiger partial charge in [0, 0.05) is 12.5 Å². The lowest BCUT2D eigenvalue weighted by Crippen LogP contribution is -2.21. The number of nitrogen functional groups attached to an aromatic ring is 2. The van der Waals surface area contributed by atoms with Gasteiger partial charge in [-0.2, -0.15) is 0 Å². The van der Waals surface area contributed by atoms with Crippen molar-refractivity contribution in [2.24, 2.45) is 0 Å². The first-order valence-corrected chi connectivity index (χ1v) is 4.27. The first-order valence-electron chi connectivity index (χ1n) is 4.27. The number of nitrogens with two attached hydrogens (primary N) is 2. The van der Waals surface area contributed by atoms with Crippen LogP contribution in [0, 0.1) is 0 Å². The highest BCUT2D eigenvalue weighted by Crippen LogP contribution is 2.29. The molecule has 2 unspecified atom stereocenters. The fourth-order valence-corrected chi connectivity index (χ4v) is 1.64. The van der Waals surface area contributed by atoms with Gasteiger partial charge < -0.3 is 16.3 Å². The third kappa shape index (κ3) is 1.23. The van der Waals surface area contributed by atoms with E-state index in [1.165, 1.54) is 4.68 Å². The quantitative estimate of drug-likeness (QED) is 0.571. The maximum atomic E-state index is 5.66. The van der Waals surface area contributed by atoms with Gasteiger partial charge in [-0.3, -0.25) is 0 Å². The second kappa shape index (κ2) is 2.88. The summed E-state index contributed by atoms with van der Waals surface area (Å²) in [6.45, 7) is 2.75. The Labute approximate surface area is 75.8 Å². The number of hydrogen-bond donors (Lipinski definition) is 2. The van der Waals surface area contributed by atoms with Crippen LogP contribution in [0.15, 0.2) is 0 Å². The average Bonchev–Trinajstić information content (AvgIpc) is 2.62. The molecule has 1 aromatic rings. The van der Waals surface area contributed by atoms with Gasteiger partial charge in [-0.15, -0.1) is 10.2 Å². The molecule has 1 aromatic heterocycles. The van der Waals surface area contributed by atoms with E-state index in [4.69, 9.17) is 16.3 Å². The van der Waals surface area contributed by atoms with Crippen molar-refractivity contribution in [3.05, 3.63) is 5.82 Å². The van der Waals surface area contributed by atoms with Crippen LogP contribution in [0.3, 0.4) is 0 Å². The summed E-state index contributed by atoms with van der Waals surface area (Å²) >= 11 is 0. The number of ether oxygens (including phenoxy) is 1. The minimum atomic E-state index is 0.144. The molecule has 6 heteroatoms. The Balaban J connectivity index is 2.29. The molecule has 0 bridgehead atoms. The Morgan fingerprint density at radius 2 is 2.31 bits per heavy atom. The zero-order chi connectivity index (χ0) is 9.42. The topological polar surface area (TPSA) is 92.0 Å². The smallest absolute Gasteiger partial charge is 0.240 e. The first kappa shape index (κ1) is 8.31. The Bertz CT molecular complexity index is 310. The molecule has 0 aromatic carbocycles. The Morgan fingerprint density at radius 1 is 1.54 bits per heavy atom. The van der Waals surface area contributed by atoms with Crippen molar-refractivity contribution in [3.63, 3.8) is 0 Å². The summed E-state index contributed by atoms with van der Waals surface area (Å²) in [5.41, 5.74) is 5.48. The molecular formula is C7H13N5O. The minimum absolute atomic E-state index is 0.144. The molecule has 1 saturated heterocycles. The molecule has 0 radical (unpaired) electrons. The third-order valence-corrected chi connectivity index (χ3v) is 2.46. The molecule has 6 nitrogen and oxygen atoms in total. The van der Waals surface area contributed by atoms with E-state index in [0.29, 0.717) is 5.82 Å². The molecule has 2 rings (SSSR count). The lowest BCUT2D eigenvalue weighted by Gasteiger charge is -2.12. The molecule has 2 heterocycles. The summed E-state index contributed by atoms with van der Waals surface area (Å²) in [5.74, 6) is 6.83. The summed E-state index contributed by atoms with van der Waals surface area (Å²) in [6.07, 6.45) is 1.07. The van der Waals surface area contributed by atoms with E-state index >= 15 is 0 Å². The zero-order valence-electron chi connectivity index (χ0n) is 7.47. The average molecular weight is 183 g/mol. The molecular weight excluding hydrogens is 170 g/mol. The third-order valence-electron chi connectivity index (χ3n) is 2.46. The van der Waals surface area contributed by atoms with E-state index in [1.54, 1.807) is 0 Å². The second-order valence-electron chi connectivity index (χ2n) is 3.26. The monoisotopic (exact) mass is 183 g/mol. The van der Waals surface area contributed by atoms with Gasteiger partial charge in [0.15, 0.2) is 5.82 Å². The maximum absolute atomic E-state index is 5.66. The fourth-order valence-electron chi connectivity index (χ4n) is 1.64. The summed E-state index contributed by atoms with van der Waals surface area (Å²) in [4.78, 5) is 0. The summed E-state index contributed by atoms with van der Waals surface area (Å²) < 4.78 is 6.74. The van der Waals surface area contributed by atoms with Crippen molar-refractivity contribution in [3.8, 4) is 0 Å². The van der Waals surface area contributed by atoms with E-state index in [-0.39, 0.29) is 18.0 Å². The van der Waals surface area contributed by atoms with Crippen LogP contribution in [0.1, 0.15) is 25.1 Å². The molecule has 0 amide bonds. The number of aromatic nitrogens is 3. The molecule has 0 spiro atoms. The van der Waals surface area contributed by atoms with Crippen molar-refractivity contribution in [1.82, 2.24) is 14.9 Å². The van der Waals surface area contributed by atoms with E-state index in [2.05, 4.69) is 10.2 Å². The van der Waals surface area contributed by atoms with Crippen molar-refractivity contribution < 1.29 is 4.74 Å². The standard InChI is InChI=1S/C7H13N5O/c1-4-5(2-3-13-4)6-10-11-7(8)12(6)9/h4-5H,2-3,9H2,1H3,(H2,8,11).